The van der Waals surface area contributed by atoms with E-state index >= 15 is 0 Å². The van der Waals surface area contributed by atoms with Crippen molar-refractivity contribution < 1.29 is 9.32 Å². The molecule has 1 atom stereocenters. The molecule has 0 aliphatic rings. The summed E-state index contributed by atoms with van der Waals surface area (Å²) >= 11 is 11.8. The van der Waals surface area contributed by atoms with Crippen LogP contribution >= 0.6 is 23.2 Å². The molecule has 2 N–H and O–H groups in total. The minimum atomic E-state index is -0.283. The van der Waals surface area contributed by atoms with Crippen LogP contribution in [0.25, 0.3) is 0 Å². The van der Waals surface area contributed by atoms with Gasteiger partial charge in [0.2, 0.25) is 5.89 Å². The molecule has 2 amide bonds. The lowest BCUT2D eigenvalue weighted by atomic mass is 10.1. The number of benzene rings is 1. The Balaban J connectivity index is 1.79. The molecule has 0 unspecified atom stereocenters. The van der Waals surface area contributed by atoms with Gasteiger partial charge in [-0.2, -0.15) is 4.98 Å². The van der Waals surface area contributed by atoms with E-state index in [9.17, 15) is 4.79 Å². The lowest BCUT2D eigenvalue weighted by Crippen LogP contribution is -2.38. The molecule has 1 heterocycles. The molecule has 0 spiro atoms. The number of aryl methyl sites for hydroxylation is 1. The molecule has 0 saturated heterocycles. The van der Waals surface area contributed by atoms with Crippen LogP contribution in [-0.4, -0.2) is 22.7 Å². The number of urea groups is 1. The van der Waals surface area contributed by atoms with E-state index in [2.05, 4.69) is 20.8 Å². The van der Waals surface area contributed by atoms with E-state index in [-0.39, 0.29) is 12.1 Å². The number of carbonyl (C=O) groups is 1. The molecule has 0 aliphatic carbocycles. The van der Waals surface area contributed by atoms with Gasteiger partial charge in [-0.15, -0.1) is 0 Å². The zero-order chi connectivity index (χ0) is 16.1. The van der Waals surface area contributed by atoms with Crippen LogP contribution in [0.2, 0.25) is 10.0 Å². The normalized spacial score (nSPS) is 12.0. The lowest BCUT2D eigenvalue weighted by Gasteiger charge is -2.15. The highest BCUT2D eigenvalue weighted by Gasteiger charge is 2.11. The summed E-state index contributed by atoms with van der Waals surface area (Å²) in [5.41, 5.74) is 0.872. The Hall–Kier alpha value is -1.79. The Morgan fingerprint density at radius 3 is 2.77 bits per heavy atom. The SMILES string of the molecule is Cc1noc(CCNC(=O)N[C@H](C)c2ccc(Cl)c(Cl)c2)n1. The Morgan fingerprint density at radius 1 is 1.36 bits per heavy atom. The van der Waals surface area contributed by atoms with Gasteiger partial charge in [-0.1, -0.05) is 34.4 Å². The number of rotatable bonds is 5. The molecule has 0 fully saturated rings. The van der Waals surface area contributed by atoms with Crippen LogP contribution in [0, 0.1) is 6.92 Å². The van der Waals surface area contributed by atoms with Gasteiger partial charge in [0.05, 0.1) is 16.1 Å². The van der Waals surface area contributed by atoms with E-state index in [0.29, 0.717) is 34.7 Å². The summed E-state index contributed by atoms with van der Waals surface area (Å²) in [6.45, 7) is 4.01. The number of hydrogen-bond acceptors (Lipinski definition) is 4. The van der Waals surface area contributed by atoms with E-state index in [1.165, 1.54) is 0 Å². The molecular weight excluding hydrogens is 327 g/mol. The Kier molecular flexibility index (Phi) is 5.63. The van der Waals surface area contributed by atoms with Gasteiger partial charge < -0.3 is 15.2 Å². The van der Waals surface area contributed by atoms with Crippen LogP contribution in [-0.2, 0) is 6.42 Å². The second kappa shape index (κ2) is 7.47. The number of carbonyl (C=O) groups excluding carboxylic acids is 1. The van der Waals surface area contributed by atoms with Crippen molar-refractivity contribution in [2.45, 2.75) is 26.3 Å². The number of amides is 2. The van der Waals surface area contributed by atoms with Crippen LogP contribution < -0.4 is 10.6 Å². The predicted molar refractivity (Wildman–Crippen MR) is 84.2 cm³/mol. The summed E-state index contributed by atoms with van der Waals surface area (Å²) in [7, 11) is 0. The summed E-state index contributed by atoms with van der Waals surface area (Å²) in [6, 6.07) is 4.78. The summed E-state index contributed by atoms with van der Waals surface area (Å²) in [6.07, 6.45) is 0.482. The molecule has 2 rings (SSSR count). The van der Waals surface area contributed by atoms with E-state index in [1.807, 2.05) is 13.0 Å². The predicted octanol–water partition coefficient (Wildman–Crippen LogP) is 3.29. The highest BCUT2D eigenvalue weighted by Crippen LogP contribution is 2.25. The van der Waals surface area contributed by atoms with Crippen molar-refractivity contribution in [1.29, 1.82) is 0 Å². The molecule has 1 aromatic heterocycles. The third kappa shape index (κ3) is 4.61. The van der Waals surface area contributed by atoms with Crippen molar-refractivity contribution in [3.05, 3.63) is 45.5 Å². The third-order valence-electron chi connectivity index (χ3n) is 2.99. The first-order valence-electron chi connectivity index (χ1n) is 6.74. The number of nitrogens with zero attached hydrogens (tertiary/aromatic N) is 2. The fourth-order valence-corrected chi connectivity index (χ4v) is 2.14. The van der Waals surface area contributed by atoms with Crippen molar-refractivity contribution in [2.24, 2.45) is 0 Å². The van der Waals surface area contributed by atoms with Gasteiger partial charge in [0.15, 0.2) is 5.82 Å². The lowest BCUT2D eigenvalue weighted by molar-refractivity contribution is 0.237. The Bertz CT molecular complexity index is 660. The molecule has 6 nitrogen and oxygen atoms in total. The quantitative estimate of drug-likeness (QED) is 0.873. The molecular formula is C14H16Cl2N4O2. The molecule has 1 aromatic carbocycles. The average molecular weight is 343 g/mol. The van der Waals surface area contributed by atoms with Crippen LogP contribution in [0.1, 0.15) is 30.2 Å². The largest absolute Gasteiger partial charge is 0.339 e. The minimum absolute atomic E-state index is 0.194. The average Bonchev–Trinajstić information content (AvgIpc) is 2.87. The second-order valence-electron chi connectivity index (χ2n) is 4.78. The molecule has 0 saturated carbocycles. The van der Waals surface area contributed by atoms with Crippen molar-refractivity contribution in [1.82, 2.24) is 20.8 Å². The number of hydrogen-bond donors (Lipinski definition) is 2. The zero-order valence-corrected chi connectivity index (χ0v) is 13.7. The molecule has 0 aliphatic heterocycles. The van der Waals surface area contributed by atoms with Crippen LogP contribution in [0.3, 0.4) is 0 Å². The van der Waals surface area contributed by atoms with Crippen molar-refractivity contribution in [3.63, 3.8) is 0 Å². The molecule has 0 radical (unpaired) electrons. The van der Waals surface area contributed by atoms with Crippen molar-refractivity contribution in [2.75, 3.05) is 6.54 Å². The molecule has 0 bridgehead atoms. The summed E-state index contributed by atoms with van der Waals surface area (Å²) in [5.74, 6) is 1.07. The maximum atomic E-state index is 11.8. The van der Waals surface area contributed by atoms with Gasteiger partial charge in [-0.25, -0.2) is 4.79 Å². The molecule has 22 heavy (non-hydrogen) atoms. The molecule has 2 aromatic rings. The van der Waals surface area contributed by atoms with Crippen molar-refractivity contribution >= 4 is 29.2 Å². The monoisotopic (exact) mass is 342 g/mol. The topological polar surface area (TPSA) is 80.0 Å². The van der Waals surface area contributed by atoms with E-state index in [0.717, 1.165) is 5.56 Å². The van der Waals surface area contributed by atoms with Gasteiger partial charge in [0.25, 0.3) is 0 Å². The summed E-state index contributed by atoms with van der Waals surface area (Å²) < 4.78 is 4.96. The molecule has 118 valence electrons. The van der Waals surface area contributed by atoms with Crippen LogP contribution in [0.4, 0.5) is 4.79 Å². The first-order chi connectivity index (χ1) is 10.5. The highest BCUT2D eigenvalue weighted by atomic mass is 35.5. The fourth-order valence-electron chi connectivity index (χ4n) is 1.84. The van der Waals surface area contributed by atoms with Gasteiger partial charge >= 0.3 is 6.03 Å². The highest BCUT2D eigenvalue weighted by molar-refractivity contribution is 6.42. The van der Waals surface area contributed by atoms with Crippen LogP contribution in [0.15, 0.2) is 22.7 Å². The van der Waals surface area contributed by atoms with Crippen molar-refractivity contribution in [3.8, 4) is 0 Å². The summed E-state index contributed by atoms with van der Waals surface area (Å²) in [4.78, 5) is 15.9. The van der Waals surface area contributed by atoms with E-state index in [1.54, 1.807) is 19.1 Å². The van der Waals surface area contributed by atoms with Gasteiger partial charge in [-0.05, 0) is 31.5 Å². The number of nitrogens with one attached hydrogen (secondary N) is 2. The zero-order valence-electron chi connectivity index (χ0n) is 12.2. The first-order valence-corrected chi connectivity index (χ1v) is 7.50. The maximum absolute atomic E-state index is 11.8. The van der Waals surface area contributed by atoms with Gasteiger partial charge in [-0.3, -0.25) is 0 Å². The molecule has 8 heteroatoms. The standard InChI is InChI=1S/C14H16Cl2N4O2/c1-8(10-3-4-11(15)12(16)7-10)18-14(21)17-6-5-13-19-9(2)20-22-13/h3-4,7-8H,5-6H2,1-2H3,(H2,17,18,21)/t8-/m1/s1. The summed E-state index contributed by atoms with van der Waals surface area (Å²) in [5, 5.41) is 10.2. The van der Waals surface area contributed by atoms with E-state index in [4.69, 9.17) is 27.7 Å². The number of halogens is 2. The fraction of sp³-hybridized carbons (Fsp3) is 0.357. The third-order valence-corrected chi connectivity index (χ3v) is 3.72. The number of aromatic nitrogens is 2. The smallest absolute Gasteiger partial charge is 0.315 e. The Morgan fingerprint density at radius 2 is 2.14 bits per heavy atom. The second-order valence-corrected chi connectivity index (χ2v) is 5.60. The van der Waals surface area contributed by atoms with Gasteiger partial charge in [0.1, 0.15) is 0 Å². The maximum Gasteiger partial charge on any atom is 0.315 e. The van der Waals surface area contributed by atoms with Gasteiger partial charge in [0, 0.05) is 13.0 Å². The van der Waals surface area contributed by atoms with Crippen LogP contribution in [0.5, 0.6) is 0 Å². The Labute approximate surface area is 138 Å². The minimum Gasteiger partial charge on any atom is -0.339 e. The first kappa shape index (κ1) is 16.6. The van der Waals surface area contributed by atoms with E-state index < -0.39 is 0 Å².